The molecule has 3 saturated carbocycles. The number of rotatable bonds is 6. The van der Waals surface area contributed by atoms with Gasteiger partial charge >= 0.3 is 148 Å². The van der Waals surface area contributed by atoms with Gasteiger partial charge in [0, 0.05) is 56.3 Å². The molecule has 0 aromatic heterocycles. The van der Waals surface area contributed by atoms with Crippen LogP contribution in [0, 0.1) is 51.7 Å². The number of ketones is 3. The van der Waals surface area contributed by atoms with E-state index >= 15 is 0 Å². The van der Waals surface area contributed by atoms with E-state index in [4.69, 9.17) is 72.3 Å². The number of hydrogen-bond donors (Lipinski definition) is 0. The minimum atomic E-state index is -3.06. The normalized spacial score (nSPS) is 20.9. The number of carbonyl (C=O) groups is 3. The number of halogens is 6. The van der Waals surface area contributed by atoms with E-state index in [1.54, 1.807) is 0 Å². The number of hydrogen-bond acceptors (Lipinski definition) is 6. The third-order valence-corrected chi connectivity index (χ3v) is 6.86. The number of carbonyl (C=O) groups excluding carboxylic acids is 3. The Kier molecular flexibility index (Phi) is 49.2. The fraction of sp³-hybridized carbons (Fsp3) is 0.778. The van der Waals surface area contributed by atoms with E-state index in [0.717, 1.165) is 77.0 Å². The predicted molar refractivity (Wildman–Crippen MR) is 176 cm³/mol. The Morgan fingerprint density at radius 3 is 0.977 bits per heavy atom. The predicted octanol–water partition coefficient (Wildman–Crippen LogP) is 8.69. The Balaban J connectivity index is -0.000000235. The van der Waals surface area contributed by atoms with Crippen molar-refractivity contribution in [3.8, 4) is 18.2 Å². The number of nitrogens with zero attached hydrogens (tertiary/aromatic N) is 3. The average Bonchev–Trinajstić information content (AvgIpc) is 2.97. The van der Waals surface area contributed by atoms with Crippen molar-refractivity contribution in [3.05, 3.63) is 0 Å². The van der Waals surface area contributed by atoms with Gasteiger partial charge in [0.2, 0.25) is 0 Å². The summed E-state index contributed by atoms with van der Waals surface area (Å²) in [5, 5.41) is 25.0. The van der Waals surface area contributed by atoms with Crippen molar-refractivity contribution in [1.29, 1.82) is 15.8 Å². The summed E-state index contributed by atoms with van der Waals surface area (Å²) in [6.45, 7) is 0. The molecule has 0 radical (unpaired) electrons. The van der Waals surface area contributed by atoms with Crippen LogP contribution in [-0.2, 0) is 42.8 Å². The molecule has 2 N–H and O–H groups in total. The third-order valence-electron chi connectivity index (χ3n) is 6.86. The van der Waals surface area contributed by atoms with E-state index in [1.165, 1.54) is 82.4 Å². The van der Waals surface area contributed by atoms with Crippen molar-refractivity contribution in [2.24, 2.45) is 17.8 Å². The Labute approximate surface area is 345 Å². The van der Waals surface area contributed by atoms with Gasteiger partial charge in [-0.25, -0.2) is 0 Å². The summed E-state index contributed by atoms with van der Waals surface area (Å²) in [5.41, 5.74) is 0. The molecule has 17 heteroatoms. The van der Waals surface area contributed by atoms with Crippen molar-refractivity contribution in [1.82, 2.24) is 0 Å². The molecule has 3 rings (SSSR count). The van der Waals surface area contributed by atoms with Crippen LogP contribution < -0.4 is 0 Å². The molecule has 0 aliphatic heterocycles. The van der Waals surface area contributed by atoms with Gasteiger partial charge in [0.25, 0.3) is 0 Å². The van der Waals surface area contributed by atoms with Crippen LogP contribution >= 0.6 is 56.5 Å². The summed E-state index contributed by atoms with van der Waals surface area (Å²) in [4.78, 5) is 33.6. The maximum atomic E-state index is 11.2. The molecule has 3 atom stereocenters. The molecule has 0 heterocycles. The first-order chi connectivity index (χ1) is 20.4. The first kappa shape index (κ1) is 54.6. The van der Waals surface area contributed by atoms with Gasteiger partial charge in [-0.3, -0.25) is 14.4 Å². The third kappa shape index (κ3) is 38.6. The van der Waals surface area contributed by atoms with E-state index in [1.807, 2.05) is 0 Å². The van der Waals surface area contributed by atoms with Crippen LogP contribution in [-0.4, -0.2) is 86.0 Å². The molecule has 7 nitrogen and oxygen atoms in total. The van der Waals surface area contributed by atoms with Gasteiger partial charge in [-0.1, -0.05) is 19.3 Å². The molecule has 252 valence electrons. The average molecular weight is 1150 g/mol. The van der Waals surface area contributed by atoms with Crippen LogP contribution in [0.5, 0.6) is 0 Å². The number of nitriles is 3. The Morgan fingerprint density at radius 1 is 0.614 bits per heavy atom. The zero-order chi connectivity index (χ0) is 33.5. The van der Waals surface area contributed by atoms with Gasteiger partial charge in [-0.05, 0) is 57.8 Å². The van der Waals surface area contributed by atoms with Crippen LogP contribution in [0.3, 0.4) is 0 Å². The molecule has 3 aliphatic carbocycles. The summed E-state index contributed by atoms with van der Waals surface area (Å²) >= 11 is -1.03. The molecule has 3 fully saturated rings. The van der Waals surface area contributed by atoms with Gasteiger partial charge in [-0.2, -0.15) is 15.8 Å². The van der Waals surface area contributed by atoms with Crippen molar-refractivity contribution in [3.63, 3.8) is 0 Å². The molecule has 0 amide bonds. The Hall–Kier alpha value is 3.83. The van der Waals surface area contributed by atoms with Gasteiger partial charge < -0.3 is 5.48 Å². The summed E-state index contributed by atoms with van der Waals surface area (Å²) in [7, 11) is 29.8. The maximum absolute atomic E-state index is 11.2. The van der Waals surface area contributed by atoms with Crippen LogP contribution in [0.1, 0.15) is 116 Å². The van der Waals surface area contributed by atoms with Gasteiger partial charge in [-0.15, -0.1) is 0 Å². The van der Waals surface area contributed by atoms with Crippen LogP contribution in [0.4, 0.5) is 0 Å². The zero-order valence-corrected chi connectivity index (χ0v) is 40.8. The summed E-state index contributed by atoms with van der Waals surface area (Å²) in [6.07, 6.45) is 15.9. The van der Waals surface area contributed by atoms with Gasteiger partial charge in [0.15, 0.2) is 0 Å². The van der Waals surface area contributed by atoms with E-state index < -0.39 is 28.4 Å². The van der Waals surface area contributed by atoms with Crippen molar-refractivity contribution >= 4 is 137 Å². The fourth-order valence-corrected chi connectivity index (χ4v) is 4.80. The molecule has 0 saturated heterocycles. The molecule has 3 unspecified atom stereocenters. The standard InChI is InChI=1S/3C9H13NO.6ClH.2K.H2O.2Pt/c3*10-7-3-5-8-4-1-2-6-9(8)11;;;;;;;;;;;/h3*8H,1-6H2;6*1H;;;1H2;;/q;;;;;;;;;;;;+2;+4/p-6. The fourth-order valence-electron chi connectivity index (χ4n) is 4.80. The topological polar surface area (TPSA) is 154 Å². The minimum absolute atomic E-state index is 0. The van der Waals surface area contributed by atoms with Gasteiger partial charge in [0.1, 0.15) is 17.3 Å². The molecular weight excluding hydrogens is 1110 g/mol. The van der Waals surface area contributed by atoms with E-state index in [-0.39, 0.29) is 23.2 Å². The Morgan fingerprint density at radius 2 is 0.818 bits per heavy atom. The molecule has 44 heavy (non-hydrogen) atoms. The molecule has 0 spiro atoms. The van der Waals surface area contributed by atoms with Crippen LogP contribution in [0.15, 0.2) is 0 Å². The van der Waals surface area contributed by atoms with E-state index in [9.17, 15) is 14.4 Å². The number of Topliss-reactive ketones (excluding diaryl/α,β-unsaturated/α-hetero) is 3. The summed E-state index contributed by atoms with van der Waals surface area (Å²) in [5.74, 6) is 1.78. The van der Waals surface area contributed by atoms with E-state index in [0.29, 0.717) is 36.6 Å². The van der Waals surface area contributed by atoms with Crippen molar-refractivity contribution in [2.45, 2.75) is 116 Å². The summed E-state index contributed by atoms with van der Waals surface area (Å²) < 4.78 is 0. The molecule has 0 aromatic carbocycles. The molecular formula is C27H41Cl6K2N3O4Pt2. The van der Waals surface area contributed by atoms with Crippen molar-refractivity contribution in [2.75, 3.05) is 0 Å². The van der Waals surface area contributed by atoms with Crippen LogP contribution in [0.2, 0.25) is 0 Å². The molecule has 0 bridgehead atoms. The van der Waals surface area contributed by atoms with Crippen LogP contribution in [0.25, 0.3) is 0 Å². The first-order valence-electron chi connectivity index (χ1n) is 14.4. The Bertz CT molecular complexity index is 782. The second kappa shape index (κ2) is 39.6. The second-order valence-electron chi connectivity index (χ2n) is 9.63. The molecule has 0 aromatic rings. The SMILES string of the molecule is N#CCCC1CCCCC1=O.N#CCCC1CCCCC1=O.N#CCCC1CCCCC1=O.O.[Cl][Pt]([Cl])([Cl])[Cl].[Cl][Pt][Cl].[K][K]. The van der Waals surface area contributed by atoms with E-state index in [2.05, 4.69) is 18.2 Å². The first-order valence-corrected chi connectivity index (χ1v) is 47.3. The quantitative estimate of drug-likeness (QED) is 0.243. The van der Waals surface area contributed by atoms with Gasteiger partial charge in [0.05, 0.1) is 18.2 Å². The van der Waals surface area contributed by atoms with Crippen molar-refractivity contribution < 1.29 is 48.2 Å². The molecule has 3 aliphatic rings. The second-order valence-corrected chi connectivity index (χ2v) is 32.6. The zero-order valence-electron chi connectivity index (χ0n) is 25.4. The summed E-state index contributed by atoms with van der Waals surface area (Å²) in [6, 6.07) is 6.25. The monoisotopic (exact) mass is 1150 g/mol.